The van der Waals surface area contributed by atoms with Crippen molar-refractivity contribution in [1.29, 1.82) is 0 Å². The molecule has 0 aliphatic heterocycles. The number of nitrogens with zero attached hydrogens (tertiary/aromatic N) is 6. The number of pyridine rings is 1. The molecule has 11 nitrogen and oxygen atoms in total. The lowest BCUT2D eigenvalue weighted by molar-refractivity contribution is 0.0464. The van der Waals surface area contributed by atoms with Crippen LogP contribution in [0.1, 0.15) is 36.1 Å². The maximum absolute atomic E-state index is 13.2. The van der Waals surface area contributed by atoms with Crippen LogP contribution in [0.3, 0.4) is 0 Å². The van der Waals surface area contributed by atoms with Crippen LogP contribution in [0.15, 0.2) is 65.4 Å². The summed E-state index contributed by atoms with van der Waals surface area (Å²) in [4.78, 5) is 30.3. The van der Waals surface area contributed by atoms with Crippen molar-refractivity contribution in [3.63, 3.8) is 0 Å². The summed E-state index contributed by atoms with van der Waals surface area (Å²) < 4.78 is 12.8. The number of esters is 1. The molecule has 0 saturated carbocycles. The molecule has 0 unspecified atom stereocenters. The first-order chi connectivity index (χ1) is 17.0. The molecule has 0 aliphatic carbocycles. The minimum absolute atomic E-state index is 0.00842. The number of nitrogens with one attached hydrogen (secondary N) is 1. The van der Waals surface area contributed by atoms with Crippen LogP contribution in [-0.4, -0.2) is 35.7 Å². The second kappa shape index (κ2) is 9.21. The van der Waals surface area contributed by atoms with Crippen molar-refractivity contribution >= 4 is 34.6 Å². The van der Waals surface area contributed by atoms with Gasteiger partial charge in [0.2, 0.25) is 11.9 Å². The summed E-state index contributed by atoms with van der Waals surface area (Å²) in [5.74, 6) is 0.413. The summed E-state index contributed by atoms with van der Waals surface area (Å²) >= 11 is 0. The number of furan rings is 1. The normalized spacial score (nSPS) is 11.2. The molecule has 0 atom stereocenters. The Morgan fingerprint density at radius 2 is 1.94 bits per heavy atom. The van der Waals surface area contributed by atoms with Crippen LogP contribution in [0, 0.1) is 0 Å². The number of ether oxygens (including phenoxy) is 1. The van der Waals surface area contributed by atoms with Gasteiger partial charge in [0.15, 0.2) is 23.8 Å². The van der Waals surface area contributed by atoms with Gasteiger partial charge in [-0.25, -0.2) is 14.5 Å². The zero-order chi connectivity index (χ0) is 24.4. The lowest BCUT2D eigenvalue weighted by atomic mass is 10.1. The lowest BCUT2D eigenvalue weighted by Gasteiger charge is -2.10. The third kappa shape index (κ3) is 4.64. The second-order valence-corrected chi connectivity index (χ2v) is 7.95. The van der Waals surface area contributed by atoms with E-state index in [1.165, 1.54) is 0 Å². The summed E-state index contributed by atoms with van der Waals surface area (Å²) in [5.41, 5.74) is 7.98. The zero-order valence-electron chi connectivity index (χ0n) is 19.0. The first-order valence-corrected chi connectivity index (χ1v) is 10.9. The molecule has 4 aromatic heterocycles. The topological polar surface area (TPSA) is 147 Å². The summed E-state index contributed by atoms with van der Waals surface area (Å²) in [7, 11) is 0. The summed E-state index contributed by atoms with van der Waals surface area (Å²) in [6, 6.07) is 14.6. The Balaban J connectivity index is 1.42. The van der Waals surface area contributed by atoms with Gasteiger partial charge < -0.3 is 20.2 Å². The molecular formula is C24H22N8O3. The van der Waals surface area contributed by atoms with Crippen LogP contribution in [0.5, 0.6) is 0 Å². The van der Waals surface area contributed by atoms with Gasteiger partial charge in [0.05, 0.1) is 23.4 Å². The molecule has 0 radical (unpaired) electrons. The van der Waals surface area contributed by atoms with Gasteiger partial charge in [0.1, 0.15) is 5.69 Å². The molecule has 3 N–H and O–H groups in total. The van der Waals surface area contributed by atoms with E-state index in [9.17, 15) is 4.79 Å². The molecular weight excluding hydrogens is 448 g/mol. The third-order valence-corrected chi connectivity index (χ3v) is 5.11. The second-order valence-electron chi connectivity index (χ2n) is 7.95. The molecule has 35 heavy (non-hydrogen) atoms. The van der Waals surface area contributed by atoms with E-state index in [1.807, 2.05) is 44.2 Å². The Hall–Kier alpha value is -4.80. The van der Waals surface area contributed by atoms with Crippen LogP contribution < -0.4 is 11.1 Å². The maximum Gasteiger partial charge on any atom is 0.339 e. The Morgan fingerprint density at radius 1 is 1.11 bits per heavy atom. The molecule has 4 heterocycles. The molecule has 0 bridgehead atoms. The van der Waals surface area contributed by atoms with Gasteiger partial charge in [-0.05, 0) is 44.2 Å². The average molecular weight is 470 g/mol. The van der Waals surface area contributed by atoms with Crippen molar-refractivity contribution in [3.05, 3.63) is 72.4 Å². The van der Waals surface area contributed by atoms with E-state index < -0.39 is 5.97 Å². The number of nitrogens with two attached hydrogens (primary N) is 1. The molecule has 0 aliphatic rings. The first-order valence-electron chi connectivity index (χ1n) is 10.9. The number of rotatable bonds is 7. The van der Waals surface area contributed by atoms with E-state index in [0.29, 0.717) is 28.1 Å². The highest BCUT2D eigenvalue weighted by Crippen LogP contribution is 2.27. The minimum Gasteiger partial charge on any atom is -0.463 e. The monoisotopic (exact) mass is 470 g/mol. The first kappa shape index (κ1) is 22.0. The fourth-order valence-corrected chi connectivity index (χ4v) is 3.53. The number of para-hydroxylation sites is 1. The highest BCUT2D eigenvalue weighted by Gasteiger charge is 2.21. The predicted molar refractivity (Wildman–Crippen MR) is 129 cm³/mol. The van der Waals surface area contributed by atoms with E-state index in [4.69, 9.17) is 14.9 Å². The van der Waals surface area contributed by atoms with E-state index in [0.717, 1.165) is 5.69 Å². The van der Waals surface area contributed by atoms with E-state index in [2.05, 4.69) is 30.4 Å². The Labute approximate surface area is 200 Å². The van der Waals surface area contributed by atoms with Gasteiger partial charge in [0.25, 0.3) is 0 Å². The summed E-state index contributed by atoms with van der Waals surface area (Å²) in [6.45, 7) is 3.77. The molecule has 0 amide bonds. The highest BCUT2D eigenvalue weighted by molar-refractivity contribution is 6.03. The highest BCUT2D eigenvalue weighted by atomic mass is 16.5. The molecule has 0 saturated heterocycles. The average Bonchev–Trinajstić information content (AvgIpc) is 3.52. The summed E-state index contributed by atoms with van der Waals surface area (Å²) in [5, 5.41) is 8.02. The lowest BCUT2D eigenvalue weighted by Crippen LogP contribution is -2.12. The molecule has 1 aromatic carbocycles. The Bertz CT molecular complexity index is 1480. The van der Waals surface area contributed by atoms with Gasteiger partial charge in [0, 0.05) is 11.7 Å². The van der Waals surface area contributed by atoms with Gasteiger partial charge in [-0.1, -0.05) is 18.2 Å². The molecule has 11 heteroatoms. The van der Waals surface area contributed by atoms with E-state index in [-0.39, 0.29) is 30.4 Å². The number of aromatic nitrogens is 6. The standard InChI is InChI=1S/C24H22N8O3/c1-14(2)32-21-17(12-26-32)16(11-18(28-21)19-9-6-10-34-19)22(33)35-13-20-29-23(25)31-24(30-20)27-15-7-4-3-5-8-15/h3-12,14H,13H2,1-2H3,(H3,25,27,29,30,31). The molecule has 176 valence electrons. The van der Waals surface area contributed by atoms with Crippen molar-refractivity contribution in [2.45, 2.75) is 26.5 Å². The number of fused-ring (bicyclic) bond motifs is 1. The predicted octanol–water partition coefficient (Wildman–Crippen LogP) is 4.14. The van der Waals surface area contributed by atoms with E-state index >= 15 is 0 Å². The van der Waals surface area contributed by atoms with Crippen molar-refractivity contribution in [3.8, 4) is 11.5 Å². The van der Waals surface area contributed by atoms with Crippen molar-refractivity contribution in [2.24, 2.45) is 0 Å². The minimum atomic E-state index is -0.579. The van der Waals surface area contributed by atoms with Crippen LogP contribution in [-0.2, 0) is 11.3 Å². The van der Waals surface area contributed by atoms with Crippen molar-refractivity contribution in [2.75, 3.05) is 11.1 Å². The molecule has 0 fully saturated rings. The largest absolute Gasteiger partial charge is 0.463 e. The Kier molecular flexibility index (Phi) is 5.80. The maximum atomic E-state index is 13.2. The SMILES string of the molecule is CC(C)n1ncc2c(C(=O)OCc3nc(N)nc(Nc4ccccc4)n3)cc(-c3ccco3)nc21. The number of hydrogen-bond acceptors (Lipinski definition) is 10. The number of carbonyl (C=O) groups excluding carboxylic acids is 1. The molecule has 0 spiro atoms. The quantitative estimate of drug-likeness (QED) is 0.333. The van der Waals surface area contributed by atoms with Gasteiger partial charge in [-0.15, -0.1) is 0 Å². The molecule has 5 rings (SSSR count). The van der Waals surface area contributed by atoms with E-state index in [1.54, 1.807) is 35.3 Å². The van der Waals surface area contributed by atoms with Crippen LogP contribution in [0.4, 0.5) is 17.6 Å². The Morgan fingerprint density at radius 3 is 2.69 bits per heavy atom. The van der Waals surface area contributed by atoms with Crippen molar-refractivity contribution < 1.29 is 13.9 Å². The fraction of sp³-hybridized carbons (Fsp3) is 0.167. The number of hydrogen-bond donors (Lipinski definition) is 2. The molecule has 5 aromatic rings. The zero-order valence-corrected chi connectivity index (χ0v) is 19.0. The van der Waals surface area contributed by atoms with Gasteiger partial charge >= 0.3 is 5.97 Å². The number of nitrogen functional groups attached to an aromatic ring is 1. The number of benzene rings is 1. The van der Waals surface area contributed by atoms with Crippen LogP contribution >= 0.6 is 0 Å². The van der Waals surface area contributed by atoms with Crippen LogP contribution in [0.2, 0.25) is 0 Å². The fourth-order valence-electron chi connectivity index (χ4n) is 3.53. The summed E-state index contributed by atoms with van der Waals surface area (Å²) in [6.07, 6.45) is 3.15. The van der Waals surface area contributed by atoms with Crippen molar-refractivity contribution in [1.82, 2.24) is 29.7 Å². The smallest absolute Gasteiger partial charge is 0.339 e. The number of carbonyl (C=O) groups is 1. The van der Waals surface area contributed by atoms with Crippen LogP contribution in [0.25, 0.3) is 22.5 Å². The van der Waals surface area contributed by atoms with Gasteiger partial charge in [-0.3, -0.25) is 0 Å². The third-order valence-electron chi connectivity index (χ3n) is 5.11. The number of anilines is 3. The van der Waals surface area contributed by atoms with Gasteiger partial charge in [-0.2, -0.15) is 20.1 Å².